The van der Waals surface area contributed by atoms with Gasteiger partial charge in [0.1, 0.15) is 0 Å². The summed E-state index contributed by atoms with van der Waals surface area (Å²) in [5.41, 5.74) is 7.08. The molecule has 1 aromatic carbocycles. The van der Waals surface area contributed by atoms with Gasteiger partial charge < -0.3 is 16.2 Å². The fraction of sp³-hybridized carbons (Fsp3) is 0.625. The van der Waals surface area contributed by atoms with Crippen molar-refractivity contribution in [2.75, 3.05) is 6.54 Å². The van der Waals surface area contributed by atoms with E-state index in [0.717, 1.165) is 10.6 Å². The molecular weight excluding hydrogens is 272 g/mol. The lowest BCUT2D eigenvalue weighted by molar-refractivity contribution is 0.135. The Morgan fingerprint density at radius 3 is 2.65 bits per heavy atom. The number of halogens is 1. The van der Waals surface area contributed by atoms with Crippen LogP contribution < -0.4 is 11.1 Å². The zero-order chi connectivity index (χ0) is 14.4. The molecule has 2 atom stereocenters. The van der Waals surface area contributed by atoms with Crippen LogP contribution in [0.3, 0.4) is 0 Å². The quantitative estimate of drug-likeness (QED) is 0.756. The molecule has 4 heteroatoms. The summed E-state index contributed by atoms with van der Waals surface area (Å²) in [5, 5.41) is 14.3. The lowest BCUT2D eigenvalue weighted by atomic mass is 9.95. The first-order valence-electron chi connectivity index (χ1n) is 7.57. The van der Waals surface area contributed by atoms with Gasteiger partial charge in [0.15, 0.2) is 0 Å². The monoisotopic (exact) mass is 296 g/mol. The van der Waals surface area contributed by atoms with E-state index in [4.69, 9.17) is 17.3 Å². The number of nitrogens with one attached hydrogen (secondary N) is 1. The highest BCUT2D eigenvalue weighted by Gasteiger charge is 2.19. The number of benzene rings is 1. The molecular formula is C16H25ClN2O. The van der Waals surface area contributed by atoms with Crippen LogP contribution in [0.5, 0.6) is 0 Å². The Balaban J connectivity index is 1.76. The van der Waals surface area contributed by atoms with Crippen LogP contribution in [0.15, 0.2) is 24.3 Å². The normalized spacial score (nSPS) is 19.8. The van der Waals surface area contributed by atoms with Crippen molar-refractivity contribution in [3.8, 4) is 0 Å². The molecule has 0 amide bonds. The summed E-state index contributed by atoms with van der Waals surface area (Å²) in [5.74, 6) is 0. The zero-order valence-corrected chi connectivity index (χ0v) is 12.6. The smallest absolute Gasteiger partial charge is 0.0818 e. The summed E-state index contributed by atoms with van der Waals surface area (Å²) < 4.78 is 0. The fourth-order valence-electron chi connectivity index (χ4n) is 2.80. The minimum absolute atomic E-state index is 0.286. The molecule has 0 aliphatic heterocycles. The minimum atomic E-state index is -0.534. The van der Waals surface area contributed by atoms with Crippen LogP contribution in [0.2, 0.25) is 5.02 Å². The van der Waals surface area contributed by atoms with Gasteiger partial charge in [0.2, 0.25) is 0 Å². The van der Waals surface area contributed by atoms with Gasteiger partial charge in [0, 0.05) is 23.7 Å². The molecule has 4 N–H and O–H groups in total. The van der Waals surface area contributed by atoms with Gasteiger partial charge in [-0.05, 0) is 30.9 Å². The number of hydrogen-bond donors (Lipinski definition) is 3. The van der Waals surface area contributed by atoms with E-state index in [1.165, 1.54) is 32.1 Å². The molecule has 1 aromatic rings. The number of hydrogen-bond acceptors (Lipinski definition) is 3. The molecule has 2 rings (SSSR count). The van der Waals surface area contributed by atoms with E-state index in [9.17, 15) is 5.11 Å². The van der Waals surface area contributed by atoms with Crippen LogP contribution in [0, 0.1) is 0 Å². The highest BCUT2D eigenvalue weighted by Crippen LogP contribution is 2.18. The van der Waals surface area contributed by atoms with Crippen LogP contribution in [0.4, 0.5) is 0 Å². The standard InChI is InChI=1S/C16H25ClN2O/c17-14-9-5-4-6-12(14)10-15(18)16(20)11-19-13-7-2-1-3-8-13/h4-6,9,13,15-16,19-20H,1-3,7-8,10-11,18H2/t15-,16+/m0/s1. The van der Waals surface area contributed by atoms with E-state index in [1.807, 2.05) is 24.3 Å². The zero-order valence-electron chi connectivity index (χ0n) is 11.9. The van der Waals surface area contributed by atoms with Crippen molar-refractivity contribution in [1.29, 1.82) is 0 Å². The molecule has 112 valence electrons. The van der Waals surface area contributed by atoms with Gasteiger partial charge in [-0.25, -0.2) is 0 Å². The molecule has 0 radical (unpaired) electrons. The van der Waals surface area contributed by atoms with Crippen LogP contribution in [-0.4, -0.2) is 29.8 Å². The highest BCUT2D eigenvalue weighted by molar-refractivity contribution is 6.31. The summed E-state index contributed by atoms with van der Waals surface area (Å²) >= 11 is 6.12. The Morgan fingerprint density at radius 2 is 1.95 bits per heavy atom. The average molecular weight is 297 g/mol. The fourth-order valence-corrected chi connectivity index (χ4v) is 3.01. The Hall–Kier alpha value is -0.610. The number of nitrogens with two attached hydrogens (primary N) is 1. The molecule has 0 saturated heterocycles. The number of rotatable bonds is 6. The van der Waals surface area contributed by atoms with Crippen molar-refractivity contribution >= 4 is 11.6 Å². The summed E-state index contributed by atoms with van der Waals surface area (Å²) in [6, 6.07) is 7.93. The van der Waals surface area contributed by atoms with Crippen molar-refractivity contribution in [1.82, 2.24) is 5.32 Å². The molecule has 1 aliphatic carbocycles. The third-order valence-corrected chi connectivity index (χ3v) is 4.50. The van der Waals surface area contributed by atoms with Crippen LogP contribution in [0.25, 0.3) is 0 Å². The topological polar surface area (TPSA) is 58.3 Å². The van der Waals surface area contributed by atoms with Gasteiger partial charge >= 0.3 is 0 Å². The average Bonchev–Trinajstić information content (AvgIpc) is 2.48. The van der Waals surface area contributed by atoms with Gasteiger partial charge in [-0.15, -0.1) is 0 Å². The molecule has 3 nitrogen and oxygen atoms in total. The second-order valence-corrected chi connectivity index (χ2v) is 6.18. The van der Waals surface area contributed by atoms with E-state index in [-0.39, 0.29) is 6.04 Å². The first kappa shape index (κ1) is 15.8. The van der Waals surface area contributed by atoms with Gasteiger partial charge in [-0.2, -0.15) is 0 Å². The maximum Gasteiger partial charge on any atom is 0.0818 e. The van der Waals surface area contributed by atoms with Gasteiger partial charge in [0.25, 0.3) is 0 Å². The van der Waals surface area contributed by atoms with Crippen LogP contribution in [-0.2, 0) is 6.42 Å². The predicted octanol–water partition coefficient (Wildman–Crippen LogP) is 2.49. The number of aliphatic hydroxyl groups excluding tert-OH is 1. The van der Waals surface area contributed by atoms with Crippen molar-refractivity contribution in [3.63, 3.8) is 0 Å². The second-order valence-electron chi connectivity index (χ2n) is 5.77. The van der Waals surface area contributed by atoms with E-state index in [2.05, 4.69) is 5.32 Å². The molecule has 1 fully saturated rings. The van der Waals surface area contributed by atoms with Crippen LogP contribution >= 0.6 is 11.6 Å². The van der Waals surface area contributed by atoms with E-state index < -0.39 is 6.10 Å². The molecule has 1 aliphatic rings. The molecule has 0 aromatic heterocycles. The Morgan fingerprint density at radius 1 is 1.25 bits per heavy atom. The SMILES string of the molecule is N[C@@H](Cc1ccccc1Cl)[C@H](O)CNC1CCCCC1. The molecule has 1 saturated carbocycles. The first-order valence-corrected chi connectivity index (χ1v) is 7.95. The summed E-state index contributed by atoms with van der Waals surface area (Å²) in [4.78, 5) is 0. The second kappa shape index (κ2) is 7.99. The molecule has 20 heavy (non-hydrogen) atoms. The Kier molecular flexibility index (Phi) is 6.30. The predicted molar refractivity (Wildman–Crippen MR) is 84.0 cm³/mol. The third kappa shape index (κ3) is 4.74. The maximum atomic E-state index is 10.2. The number of aliphatic hydroxyl groups is 1. The summed E-state index contributed by atoms with van der Waals surface area (Å²) in [7, 11) is 0. The van der Waals surface area contributed by atoms with E-state index in [1.54, 1.807) is 0 Å². The van der Waals surface area contributed by atoms with E-state index in [0.29, 0.717) is 19.0 Å². The van der Waals surface area contributed by atoms with Gasteiger partial charge in [-0.3, -0.25) is 0 Å². The van der Waals surface area contributed by atoms with Crippen molar-refractivity contribution in [2.24, 2.45) is 5.73 Å². The third-order valence-electron chi connectivity index (χ3n) is 4.13. The molecule has 0 unspecified atom stereocenters. The minimum Gasteiger partial charge on any atom is -0.390 e. The van der Waals surface area contributed by atoms with Crippen molar-refractivity contribution in [2.45, 2.75) is 56.7 Å². The van der Waals surface area contributed by atoms with E-state index >= 15 is 0 Å². The largest absolute Gasteiger partial charge is 0.390 e. The molecule has 0 heterocycles. The van der Waals surface area contributed by atoms with Gasteiger partial charge in [-0.1, -0.05) is 49.1 Å². The Labute approximate surface area is 126 Å². The molecule has 0 spiro atoms. The summed E-state index contributed by atoms with van der Waals surface area (Å²) in [6.45, 7) is 0.566. The van der Waals surface area contributed by atoms with Crippen molar-refractivity contribution in [3.05, 3.63) is 34.9 Å². The lowest BCUT2D eigenvalue weighted by Crippen LogP contribution is -2.46. The lowest BCUT2D eigenvalue weighted by Gasteiger charge is -2.26. The van der Waals surface area contributed by atoms with Crippen molar-refractivity contribution < 1.29 is 5.11 Å². The van der Waals surface area contributed by atoms with Gasteiger partial charge in [0.05, 0.1) is 6.10 Å². The molecule has 0 bridgehead atoms. The highest BCUT2D eigenvalue weighted by atomic mass is 35.5. The Bertz CT molecular complexity index is 407. The van der Waals surface area contributed by atoms with Crippen LogP contribution in [0.1, 0.15) is 37.7 Å². The summed E-state index contributed by atoms with van der Waals surface area (Å²) in [6.07, 6.45) is 6.42. The maximum absolute atomic E-state index is 10.2. The first-order chi connectivity index (χ1) is 9.66.